The average molecular weight is 430 g/mol. The summed E-state index contributed by atoms with van der Waals surface area (Å²) < 4.78 is 4.87. The fourth-order valence-electron chi connectivity index (χ4n) is 1.64. The molecule has 2 amide bonds. The zero-order valence-electron chi connectivity index (χ0n) is 16.6. The monoisotopic (exact) mass is 430 g/mol. The summed E-state index contributed by atoms with van der Waals surface area (Å²) in [5, 5.41) is 16.4. The molecule has 2 aliphatic heterocycles. The minimum Gasteiger partial charge on any atom is -0.462 e. The molecule has 164 valence electrons. The summed E-state index contributed by atoms with van der Waals surface area (Å²) in [5.74, 6) is 0.0389. The van der Waals surface area contributed by atoms with Gasteiger partial charge in [0.1, 0.15) is 11.5 Å². The molecule has 0 fully saturated rings. The van der Waals surface area contributed by atoms with E-state index in [1.54, 1.807) is 19.3 Å². The van der Waals surface area contributed by atoms with Gasteiger partial charge in [-0.1, -0.05) is 11.8 Å². The Morgan fingerprint density at radius 2 is 1.77 bits per heavy atom. The Bertz CT molecular complexity index is 920. The number of nitrogen functional groups attached to an aromatic ring is 2. The Balaban J connectivity index is 0.000000500. The molecule has 15 nitrogen and oxygen atoms in total. The number of aromatic nitrogens is 7. The van der Waals surface area contributed by atoms with Crippen LogP contribution >= 0.6 is 0 Å². The number of nitrogens with one attached hydrogen (secondary N) is 1. The number of urea groups is 1. The van der Waals surface area contributed by atoms with E-state index in [1.807, 2.05) is 6.07 Å². The SMILES string of the molecule is C#N.C=C(C)C(=O)OCCc1nc(N)nc(N)n1.NC(N)=O.c1cc2[nH]nncc-2n1. The van der Waals surface area contributed by atoms with E-state index in [1.165, 1.54) is 0 Å². The number of anilines is 2. The number of rotatable bonds is 4. The summed E-state index contributed by atoms with van der Waals surface area (Å²) in [7, 11) is 0. The van der Waals surface area contributed by atoms with Gasteiger partial charge in [-0.15, -0.1) is 5.10 Å². The topological polar surface area (TPSA) is 264 Å². The zero-order valence-corrected chi connectivity index (χ0v) is 16.6. The number of hydrogen-bond acceptors (Lipinski definition) is 12. The Morgan fingerprint density at radius 1 is 1.19 bits per heavy atom. The van der Waals surface area contributed by atoms with Crippen LogP contribution in [0.1, 0.15) is 12.7 Å². The van der Waals surface area contributed by atoms with Gasteiger partial charge in [-0.2, -0.15) is 15.0 Å². The molecule has 2 aliphatic rings. The minimum atomic E-state index is -0.833. The van der Waals surface area contributed by atoms with Crippen LogP contribution in [0.5, 0.6) is 0 Å². The number of amides is 2. The van der Waals surface area contributed by atoms with Gasteiger partial charge in [0.15, 0.2) is 0 Å². The van der Waals surface area contributed by atoms with Crippen LogP contribution in [0.2, 0.25) is 0 Å². The molecule has 31 heavy (non-hydrogen) atoms. The van der Waals surface area contributed by atoms with Crippen molar-refractivity contribution in [1.82, 2.24) is 35.3 Å². The lowest BCUT2D eigenvalue weighted by Gasteiger charge is -2.04. The maximum absolute atomic E-state index is 11.0. The fraction of sp³-hybridized carbons (Fsp3) is 0.188. The molecule has 1 aromatic rings. The van der Waals surface area contributed by atoms with Crippen molar-refractivity contribution in [1.29, 1.82) is 5.26 Å². The highest BCUT2D eigenvalue weighted by Crippen LogP contribution is 2.11. The van der Waals surface area contributed by atoms with Gasteiger partial charge < -0.3 is 27.7 Å². The van der Waals surface area contributed by atoms with Gasteiger partial charge in [-0.25, -0.2) is 14.9 Å². The van der Waals surface area contributed by atoms with E-state index in [2.05, 4.69) is 60.0 Å². The molecule has 0 aromatic carbocycles. The summed E-state index contributed by atoms with van der Waals surface area (Å²) in [5.41, 5.74) is 21.4. The Morgan fingerprint density at radius 3 is 2.29 bits per heavy atom. The lowest BCUT2D eigenvalue weighted by molar-refractivity contribution is -0.138. The molecule has 0 bridgehead atoms. The highest BCUT2D eigenvalue weighted by molar-refractivity contribution is 5.86. The summed E-state index contributed by atoms with van der Waals surface area (Å²) >= 11 is 0. The minimum absolute atomic E-state index is 0.0497. The summed E-state index contributed by atoms with van der Waals surface area (Å²) in [6, 6.07) is 1.02. The summed E-state index contributed by atoms with van der Waals surface area (Å²) in [6.07, 6.45) is 3.66. The van der Waals surface area contributed by atoms with Crippen molar-refractivity contribution < 1.29 is 14.3 Å². The number of carbonyl (C=O) groups is 2. The van der Waals surface area contributed by atoms with Crippen molar-refractivity contribution in [3.05, 3.63) is 36.4 Å². The van der Waals surface area contributed by atoms with Crippen LogP contribution in [-0.2, 0) is 16.0 Å². The van der Waals surface area contributed by atoms with Crippen molar-refractivity contribution >= 4 is 23.9 Å². The second kappa shape index (κ2) is 14.2. The molecule has 1 aromatic heterocycles. The van der Waals surface area contributed by atoms with Crippen molar-refractivity contribution in [3.8, 4) is 18.0 Å². The van der Waals surface area contributed by atoms with Gasteiger partial charge in [0.05, 0.1) is 18.5 Å². The van der Waals surface area contributed by atoms with Crippen LogP contribution in [0.3, 0.4) is 0 Å². The number of carbonyl (C=O) groups excluding carboxylic acids is 2. The number of H-pyrrole nitrogens is 1. The van der Waals surface area contributed by atoms with E-state index >= 15 is 0 Å². The van der Waals surface area contributed by atoms with Crippen LogP contribution in [-0.4, -0.2) is 54.0 Å². The van der Waals surface area contributed by atoms with E-state index in [4.69, 9.17) is 26.3 Å². The maximum atomic E-state index is 11.0. The van der Waals surface area contributed by atoms with Crippen molar-refractivity contribution in [3.63, 3.8) is 0 Å². The van der Waals surface area contributed by atoms with Crippen molar-refractivity contribution in [2.45, 2.75) is 13.3 Å². The largest absolute Gasteiger partial charge is 0.462 e. The first-order valence-corrected chi connectivity index (χ1v) is 8.19. The molecule has 0 atom stereocenters. The molecular weight excluding hydrogens is 408 g/mol. The quantitative estimate of drug-likeness (QED) is 0.250. The first kappa shape index (κ1) is 26.1. The molecule has 3 heterocycles. The first-order valence-electron chi connectivity index (χ1n) is 8.19. The van der Waals surface area contributed by atoms with E-state index in [-0.39, 0.29) is 18.5 Å². The number of hydrogen-bond donors (Lipinski definition) is 5. The van der Waals surface area contributed by atoms with Gasteiger partial charge in [0.2, 0.25) is 11.9 Å². The molecule has 0 unspecified atom stereocenters. The standard InChI is InChI=1S/C9H13N5O2.C5H4N4.CH4N2O.CHN/c1-5(2)7(15)16-4-3-6-12-8(10)14-9(11)13-6;1-2-6-5-3-7-9-8-4(1)5;2-1(3)4;1-2/h1,3-4H2,2H3,(H4,10,11,12,13,14);1-3H,(H,7,8);(H4,2,3,4);1H. The third-order valence-electron chi connectivity index (χ3n) is 2.76. The second-order valence-corrected chi connectivity index (χ2v) is 5.24. The number of nitriles is 1. The molecule has 0 saturated carbocycles. The Labute approximate surface area is 176 Å². The zero-order chi connectivity index (χ0) is 23.8. The van der Waals surface area contributed by atoms with E-state index in [0.29, 0.717) is 17.8 Å². The molecule has 15 heteroatoms. The highest BCUT2D eigenvalue weighted by Gasteiger charge is 2.05. The molecule has 3 rings (SSSR count). The third kappa shape index (κ3) is 11.5. The summed E-state index contributed by atoms with van der Waals surface area (Å²) in [6.45, 7) is 8.67. The van der Waals surface area contributed by atoms with E-state index in [0.717, 1.165) is 11.4 Å². The van der Waals surface area contributed by atoms with Gasteiger partial charge in [0, 0.05) is 24.8 Å². The highest BCUT2D eigenvalue weighted by atomic mass is 16.5. The fourth-order valence-corrected chi connectivity index (χ4v) is 1.64. The number of primary amides is 2. The number of nitrogens with two attached hydrogens (primary N) is 4. The van der Waals surface area contributed by atoms with Crippen LogP contribution in [0.4, 0.5) is 16.7 Å². The maximum Gasteiger partial charge on any atom is 0.333 e. The van der Waals surface area contributed by atoms with E-state index < -0.39 is 12.0 Å². The van der Waals surface area contributed by atoms with Gasteiger partial charge >= 0.3 is 12.0 Å². The Hall–Kier alpha value is -4.87. The van der Waals surface area contributed by atoms with E-state index in [9.17, 15) is 4.79 Å². The number of esters is 1. The Kier molecular flexibility index (Phi) is 11.9. The number of nitrogens with zero attached hydrogens (tertiary/aromatic N) is 7. The molecule has 0 radical (unpaired) electrons. The van der Waals surface area contributed by atoms with Crippen molar-refractivity contribution in [2.24, 2.45) is 11.5 Å². The number of fused-ring (bicyclic) bond motifs is 1. The average Bonchev–Trinajstić information content (AvgIpc) is 3.17. The van der Waals surface area contributed by atoms with Gasteiger partial charge in [-0.3, -0.25) is 10.1 Å². The van der Waals surface area contributed by atoms with Gasteiger partial charge in [-0.05, 0) is 13.0 Å². The van der Waals surface area contributed by atoms with Crippen LogP contribution < -0.4 is 22.9 Å². The first-order chi connectivity index (χ1) is 14.7. The predicted molar refractivity (Wildman–Crippen MR) is 109 cm³/mol. The number of ether oxygens (including phenoxy) is 1. The lowest BCUT2D eigenvalue weighted by Crippen LogP contribution is -2.18. The summed E-state index contributed by atoms with van der Waals surface area (Å²) in [4.78, 5) is 35.3. The third-order valence-corrected chi connectivity index (χ3v) is 2.76. The molecular formula is C16H22N12O3. The smallest absolute Gasteiger partial charge is 0.333 e. The molecule has 9 N–H and O–H groups in total. The lowest BCUT2D eigenvalue weighted by atomic mass is 10.3. The normalized spacial score (nSPS) is 8.87. The van der Waals surface area contributed by atoms with Crippen LogP contribution in [0, 0.1) is 11.8 Å². The van der Waals surface area contributed by atoms with Crippen LogP contribution in [0.15, 0.2) is 30.6 Å². The van der Waals surface area contributed by atoms with Crippen LogP contribution in [0.25, 0.3) is 11.4 Å². The molecule has 0 saturated heterocycles. The molecule has 0 aliphatic carbocycles. The van der Waals surface area contributed by atoms with Gasteiger partial charge in [0.25, 0.3) is 0 Å². The number of aromatic amines is 1. The molecule has 0 spiro atoms. The second-order valence-electron chi connectivity index (χ2n) is 5.24. The predicted octanol–water partition coefficient (Wildman–Crippen LogP) is -0.834. The van der Waals surface area contributed by atoms with Crippen molar-refractivity contribution in [2.75, 3.05) is 18.1 Å².